The number of hydrogen-bond donors (Lipinski definition) is 0. The van der Waals surface area contributed by atoms with Crippen LogP contribution in [0.4, 0.5) is 0 Å². The van der Waals surface area contributed by atoms with Gasteiger partial charge in [0.05, 0.1) is 6.61 Å². The Hall–Kier alpha value is -1.72. The Labute approximate surface area is 92.9 Å². The van der Waals surface area contributed by atoms with Gasteiger partial charge in [-0.3, -0.25) is 9.59 Å². The quantitative estimate of drug-likeness (QED) is 0.472. The maximum absolute atomic E-state index is 11.4. The van der Waals surface area contributed by atoms with Crippen LogP contribution in [0.2, 0.25) is 0 Å². The molecular weight excluding hydrogens is 216 g/mol. The molecule has 0 aromatic rings. The molecule has 1 unspecified atom stereocenters. The molecule has 0 amide bonds. The number of ketones is 2. The Kier molecular flexibility index (Phi) is 5.99. The summed E-state index contributed by atoms with van der Waals surface area (Å²) in [5.41, 5.74) is 0. The van der Waals surface area contributed by atoms with Crippen LogP contribution in [0.1, 0.15) is 27.2 Å². The average molecular weight is 230 g/mol. The van der Waals surface area contributed by atoms with Gasteiger partial charge in [0.2, 0.25) is 5.78 Å². The first-order chi connectivity index (χ1) is 7.43. The third-order valence-electron chi connectivity index (χ3n) is 1.68. The molecule has 0 aliphatic heterocycles. The fourth-order valence-corrected chi connectivity index (χ4v) is 0.868. The Morgan fingerprint density at radius 2 is 1.62 bits per heavy atom. The van der Waals surface area contributed by atoms with Gasteiger partial charge in [-0.05, 0) is 13.3 Å². The SMILES string of the molecule is CCOC(=O)C(=O)C(CC)OC(=O)C(C)=O. The molecule has 1 atom stereocenters. The van der Waals surface area contributed by atoms with Gasteiger partial charge in [-0.1, -0.05) is 6.92 Å². The number of esters is 2. The van der Waals surface area contributed by atoms with Gasteiger partial charge in [0, 0.05) is 6.92 Å². The van der Waals surface area contributed by atoms with E-state index < -0.39 is 29.6 Å². The third-order valence-corrected chi connectivity index (χ3v) is 1.68. The summed E-state index contributed by atoms with van der Waals surface area (Å²) >= 11 is 0. The first-order valence-corrected chi connectivity index (χ1v) is 4.86. The fraction of sp³-hybridized carbons (Fsp3) is 0.600. The molecule has 0 rings (SSSR count). The van der Waals surface area contributed by atoms with Crippen LogP contribution in [0.5, 0.6) is 0 Å². The van der Waals surface area contributed by atoms with E-state index in [1.165, 1.54) is 0 Å². The zero-order valence-corrected chi connectivity index (χ0v) is 9.44. The number of ether oxygens (including phenoxy) is 2. The van der Waals surface area contributed by atoms with E-state index in [1.807, 2.05) is 0 Å². The highest BCUT2D eigenvalue weighted by Crippen LogP contribution is 2.02. The highest BCUT2D eigenvalue weighted by Gasteiger charge is 2.29. The van der Waals surface area contributed by atoms with E-state index in [9.17, 15) is 19.2 Å². The fourth-order valence-electron chi connectivity index (χ4n) is 0.868. The molecule has 6 nitrogen and oxygen atoms in total. The molecule has 0 heterocycles. The van der Waals surface area contributed by atoms with Crippen LogP contribution in [0, 0.1) is 0 Å². The Bertz CT molecular complexity index is 306. The van der Waals surface area contributed by atoms with Crippen LogP contribution in [0.25, 0.3) is 0 Å². The third kappa shape index (κ3) is 4.20. The highest BCUT2D eigenvalue weighted by molar-refractivity contribution is 6.37. The number of rotatable bonds is 6. The number of hydrogen-bond acceptors (Lipinski definition) is 6. The predicted octanol–water partition coefficient (Wildman–Crippen LogP) is 0.0294. The van der Waals surface area contributed by atoms with Crippen molar-refractivity contribution in [1.82, 2.24) is 0 Å². The van der Waals surface area contributed by atoms with Gasteiger partial charge in [0.25, 0.3) is 5.78 Å². The lowest BCUT2D eigenvalue weighted by Gasteiger charge is -2.12. The zero-order chi connectivity index (χ0) is 12.7. The molecule has 0 aromatic carbocycles. The topological polar surface area (TPSA) is 86.7 Å². The summed E-state index contributed by atoms with van der Waals surface area (Å²) in [5.74, 6) is -3.98. The van der Waals surface area contributed by atoms with Crippen molar-refractivity contribution in [2.75, 3.05) is 6.61 Å². The molecule has 0 radical (unpaired) electrons. The second kappa shape index (κ2) is 6.71. The van der Waals surface area contributed by atoms with Crippen LogP contribution in [0.3, 0.4) is 0 Å². The van der Waals surface area contributed by atoms with Crippen molar-refractivity contribution in [3.05, 3.63) is 0 Å². The number of carbonyl (C=O) groups is 4. The molecule has 0 saturated carbocycles. The van der Waals surface area contributed by atoms with Gasteiger partial charge in [-0.25, -0.2) is 9.59 Å². The summed E-state index contributed by atoms with van der Waals surface area (Å²) in [6.45, 7) is 4.18. The lowest BCUT2D eigenvalue weighted by Crippen LogP contribution is -2.35. The maximum atomic E-state index is 11.4. The maximum Gasteiger partial charge on any atom is 0.378 e. The van der Waals surface area contributed by atoms with Gasteiger partial charge >= 0.3 is 11.9 Å². The van der Waals surface area contributed by atoms with Crippen molar-refractivity contribution < 1.29 is 28.7 Å². The molecule has 6 heteroatoms. The van der Waals surface area contributed by atoms with E-state index in [0.29, 0.717) is 0 Å². The van der Waals surface area contributed by atoms with Gasteiger partial charge in [-0.2, -0.15) is 0 Å². The Morgan fingerprint density at radius 1 is 1.06 bits per heavy atom. The van der Waals surface area contributed by atoms with E-state index >= 15 is 0 Å². The van der Waals surface area contributed by atoms with E-state index in [0.717, 1.165) is 6.92 Å². The van der Waals surface area contributed by atoms with Crippen molar-refractivity contribution >= 4 is 23.5 Å². The van der Waals surface area contributed by atoms with Crippen LogP contribution in [-0.2, 0) is 28.7 Å². The molecular formula is C10H14O6. The lowest BCUT2D eigenvalue weighted by atomic mass is 10.2. The highest BCUT2D eigenvalue weighted by atomic mass is 16.6. The molecule has 0 aromatic heterocycles. The Balaban J connectivity index is 4.50. The van der Waals surface area contributed by atoms with Crippen molar-refractivity contribution in [2.24, 2.45) is 0 Å². The zero-order valence-electron chi connectivity index (χ0n) is 9.44. The van der Waals surface area contributed by atoms with Crippen molar-refractivity contribution in [2.45, 2.75) is 33.3 Å². The minimum absolute atomic E-state index is 0.0572. The summed E-state index contributed by atoms with van der Waals surface area (Å²) in [5, 5.41) is 0. The second-order valence-electron chi connectivity index (χ2n) is 2.94. The van der Waals surface area contributed by atoms with E-state index in [2.05, 4.69) is 9.47 Å². The van der Waals surface area contributed by atoms with Crippen molar-refractivity contribution in [1.29, 1.82) is 0 Å². The summed E-state index contributed by atoms with van der Waals surface area (Å²) in [4.78, 5) is 43.9. The monoisotopic (exact) mass is 230 g/mol. The first kappa shape index (κ1) is 14.3. The summed E-state index contributed by atoms with van der Waals surface area (Å²) in [6.07, 6.45) is -1.15. The molecule has 0 spiro atoms. The first-order valence-electron chi connectivity index (χ1n) is 4.86. The van der Waals surface area contributed by atoms with E-state index in [4.69, 9.17) is 0 Å². The van der Waals surface area contributed by atoms with Crippen LogP contribution in [-0.4, -0.2) is 36.2 Å². The molecule has 0 bridgehead atoms. The van der Waals surface area contributed by atoms with Crippen LogP contribution >= 0.6 is 0 Å². The normalized spacial score (nSPS) is 11.4. The molecule has 0 saturated heterocycles. The van der Waals surface area contributed by atoms with Crippen LogP contribution < -0.4 is 0 Å². The molecule has 0 aliphatic rings. The summed E-state index contributed by atoms with van der Waals surface area (Å²) in [6, 6.07) is 0. The molecule has 0 aliphatic carbocycles. The van der Waals surface area contributed by atoms with Gasteiger partial charge in [-0.15, -0.1) is 0 Å². The minimum Gasteiger partial charge on any atom is -0.460 e. The molecule has 16 heavy (non-hydrogen) atoms. The summed E-state index contributed by atoms with van der Waals surface area (Å²) < 4.78 is 9.02. The summed E-state index contributed by atoms with van der Waals surface area (Å²) in [7, 11) is 0. The molecule has 0 N–H and O–H groups in total. The average Bonchev–Trinajstić information content (AvgIpc) is 2.24. The van der Waals surface area contributed by atoms with E-state index in [-0.39, 0.29) is 13.0 Å². The predicted molar refractivity (Wildman–Crippen MR) is 52.5 cm³/mol. The number of carbonyl (C=O) groups excluding carboxylic acids is 4. The van der Waals surface area contributed by atoms with Gasteiger partial charge < -0.3 is 9.47 Å². The number of Topliss-reactive ketones (excluding diaryl/α,β-unsaturated/α-hetero) is 2. The van der Waals surface area contributed by atoms with Crippen molar-refractivity contribution in [3.63, 3.8) is 0 Å². The Morgan fingerprint density at radius 3 is 2.00 bits per heavy atom. The smallest absolute Gasteiger partial charge is 0.378 e. The van der Waals surface area contributed by atoms with Crippen LogP contribution in [0.15, 0.2) is 0 Å². The van der Waals surface area contributed by atoms with Gasteiger partial charge in [0.1, 0.15) is 0 Å². The standard InChI is InChI=1S/C10H14O6/c1-4-7(16-9(13)6(3)11)8(12)10(14)15-5-2/h7H,4-5H2,1-3H3. The molecule has 90 valence electrons. The largest absolute Gasteiger partial charge is 0.460 e. The lowest BCUT2D eigenvalue weighted by molar-refractivity contribution is -0.166. The van der Waals surface area contributed by atoms with Crippen molar-refractivity contribution in [3.8, 4) is 0 Å². The molecule has 0 fully saturated rings. The van der Waals surface area contributed by atoms with Gasteiger partial charge in [0.15, 0.2) is 6.10 Å². The minimum atomic E-state index is -1.25. The second-order valence-corrected chi connectivity index (χ2v) is 2.94. The van der Waals surface area contributed by atoms with E-state index in [1.54, 1.807) is 13.8 Å².